The molecule has 6 nitrogen and oxygen atoms in total. The minimum atomic E-state index is -0.491. The molecule has 0 fully saturated rings. The van der Waals surface area contributed by atoms with E-state index >= 15 is 0 Å². The second-order valence-corrected chi connectivity index (χ2v) is 7.13. The Labute approximate surface area is 183 Å². The standard InChI is InChI=1S/C25H20FNO5/c1-14-19-12-17(27-25(29)15-5-4-6-16(26)11-15)7-9-22(19)32-24(14)23(28)20-13-18(30-2)8-10-21(20)31-3/h4-13H,1-3H3,(H,27,29). The average Bonchev–Trinajstić information content (AvgIpc) is 3.14. The summed E-state index contributed by atoms with van der Waals surface area (Å²) in [5.74, 6) is -0.193. The molecule has 1 amide bonds. The van der Waals surface area contributed by atoms with Gasteiger partial charge in [0.05, 0.1) is 19.8 Å². The number of ether oxygens (including phenoxy) is 2. The van der Waals surface area contributed by atoms with Crippen LogP contribution < -0.4 is 14.8 Å². The van der Waals surface area contributed by atoms with Crippen molar-refractivity contribution in [1.82, 2.24) is 0 Å². The number of hydrogen-bond donors (Lipinski definition) is 1. The van der Waals surface area contributed by atoms with Gasteiger partial charge in [0.2, 0.25) is 5.78 Å². The molecule has 4 aromatic rings. The van der Waals surface area contributed by atoms with E-state index in [2.05, 4.69) is 5.32 Å². The van der Waals surface area contributed by atoms with Gasteiger partial charge < -0.3 is 19.2 Å². The van der Waals surface area contributed by atoms with Gasteiger partial charge >= 0.3 is 0 Å². The van der Waals surface area contributed by atoms with Gasteiger partial charge in [0.15, 0.2) is 5.76 Å². The molecule has 0 saturated carbocycles. The molecule has 0 saturated heterocycles. The summed E-state index contributed by atoms with van der Waals surface area (Å²) in [4.78, 5) is 25.7. The topological polar surface area (TPSA) is 77.8 Å². The molecule has 0 radical (unpaired) electrons. The van der Waals surface area contributed by atoms with Crippen molar-refractivity contribution in [3.8, 4) is 11.5 Å². The molecule has 7 heteroatoms. The molecular formula is C25H20FNO5. The smallest absolute Gasteiger partial charge is 0.255 e. The fraction of sp³-hybridized carbons (Fsp3) is 0.120. The van der Waals surface area contributed by atoms with E-state index in [-0.39, 0.29) is 17.1 Å². The Morgan fingerprint density at radius 3 is 2.50 bits per heavy atom. The molecule has 3 aromatic carbocycles. The van der Waals surface area contributed by atoms with Crippen LogP contribution in [-0.4, -0.2) is 25.9 Å². The first kappa shape index (κ1) is 21.1. The van der Waals surface area contributed by atoms with Gasteiger partial charge in [0.1, 0.15) is 22.9 Å². The second-order valence-electron chi connectivity index (χ2n) is 7.13. The largest absolute Gasteiger partial charge is 0.497 e. The van der Waals surface area contributed by atoms with Gasteiger partial charge in [-0.15, -0.1) is 0 Å². The number of methoxy groups -OCH3 is 2. The fourth-order valence-electron chi connectivity index (χ4n) is 3.46. The third-order valence-corrected chi connectivity index (χ3v) is 5.14. The fourth-order valence-corrected chi connectivity index (χ4v) is 3.46. The Morgan fingerprint density at radius 1 is 0.969 bits per heavy atom. The summed E-state index contributed by atoms with van der Waals surface area (Å²) in [7, 11) is 3.00. The Bertz CT molecular complexity index is 1340. The van der Waals surface area contributed by atoms with Crippen LogP contribution in [0, 0.1) is 12.7 Å². The molecule has 1 N–H and O–H groups in total. The first-order valence-electron chi connectivity index (χ1n) is 9.78. The van der Waals surface area contributed by atoms with Crippen molar-refractivity contribution in [3.05, 3.63) is 88.9 Å². The third kappa shape index (κ3) is 3.92. The van der Waals surface area contributed by atoms with Crippen molar-refractivity contribution >= 4 is 28.3 Å². The molecule has 1 aromatic heterocycles. The van der Waals surface area contributed by atoms with Crippen LogP contribution in [0.2, 0.25) is 0 Å². The van der Waals surface area contributed by atoms with Gasteiger partial charge in [-0.05, 0) is 61.5 Å². The monoisotopic (exact) mass is 433 g/mol. The van der Waals surface area contributed by atoms with E-state index in [1.165, 1.54) is 32.4 Å². The number of fused-ring (bicyclic) bond motifs is 1. The SMILES string of the molecule is COc1ccc(OC)c(C(=O)c2oc3ccc(NC(=O)c4cccc(F)c4)cc3c2C)c1. The van der Waals surface area contributed by atoms with Gasteiger partial charge in [-0.25, -0.2) is 4.39 Å². The Kier molecular flexibility index (Phi) is 5.64. The van der Waals surface area contributed by atoms with E-state index in [1.54, 1.807) is 43.3 Å². The summed E-state index contributed by atoms with van der Waals surface area (Å²) in [6.45, 7) is 1.77. The van der Waals surface area contributed by atoms with Crippen LogP contribution in [0.4, 0.5) is 10.1 Å². The number of benzene rings is 3. The van der Waals surface area contributed by atoms with E-state index in [0.717, 1.165) is 6.07 Å². The van der Waals surface area contributed by atoms with E-state index in [1.807, 2.05) is 0 Å². The van der Waals surface area contributed by atoms with Crippen molar-refractivity contribution < 1.29 is 27.9 Å². The van der Waals surface area contributed by atoms with Gasteiger partial charge in [0, 0.05) is 22.2 Å². The lowest BCUT2D eigenvalue weighted by Gasteiger charge is -2.09. The molecule has 1 heterocycles. The van der Waals surface area contributed by atoms with E-state index in [4.69, 9.17) is 13.9 Å². The van der Waals surface area contributed by atoms with E-state index in [9.17, 15) is 14.0 Å². The number of carbonyl (C=O) groups excluding carboxylic acids is 2. The quantitative estimate of drug-likeness (QED) is 0.413. The lowest BCUT2D eigenvalue weighted by Crippen LogP contribution is -2.11. The average molecular weight is 433 g/mol. The van der Waals surface area contributed by atoms with Crippen molar-refractivity contribution in [2.24, 2.45) is 0 Å². The van der Waals surface area contributed by atoms with Gasteiger partial charge in [-0.3, -0.25) is 9.59 Å². The highest BCUT2D eigenvalue weighted by Crippen LogP contribution is 2.32. The molecule has 0 aliphatic rings. The van der Waals surface area contributed by atoms with Gasteiger partial charge in [0.25, 0.3) is 5.91 Å². The van der Waals surface area contributed by atoms with Crippen LogP contribution in [0.5, 0.6) is 11.5 Å². The molecule has 0 unspecified atom stereocenters. The number of rotatable bonds is 6. The molecule has 0 atom stereocenters. The molecule has 0 spiro atoms. The summed E-state index contributed by atoms with van der Waals surface area (Å²) >= 11 is 0. The predicted octanol–water partition coefficient (Wildman–Crippen LogP) is 5.38. The maximum Gasteiger partial charge on any atom is 0.255 e. The molecule has 0 aliphatic carbocycles. The number of hydrogen-bond acceptors (Lipinski definition) is 5. The van der Waals surface area contributed by atoms with Crippen molar-refractivity contribution in [2.45, 2.75) is 6.92 Å². The number of furan rings is 1. The van der Waals surface area contributed by atoms with Crippen LogP contribution in [0.3, 0.4) is 0 Å². The summed E-state index contributed by atoms with van der Waals surface area (Å²) in [5.41, 5.74) is 2.13. The highest BCUT2D eigenvalue weighted by molar-refractivity contribution is 6.12. The number of nitrogens with one attached hydrogen (secondary N) is 1. The molecule has 0 aliphatic heterocycles. The Morgan fingerprint density at radius 2 is 1.78 bits per heavy atom. The van der Waals surface area contributed by atoms with Crippen LogP contribution >= 0.6 is 0 Å². The number of anilines is 1. The van der Waals surface area contributed by atoms with E-state index in [0.29, 0.717) is 39.3 Å². The Balaban J connectivity index is 1.68. The minimum absolute atomic E-state index is 0.167. The summed E-state index contributed by atoms with van der Waals surface area (Å²) in [6, 6.07) is 15.4. The normalized spacial score (nSPS) is 10.8. The zero-order chi connectivity index (χ0) is 22.8. The van der Waals surface area contributed by atoms with Crippen molar-refractivity contribution in [3.63, 3.8) is 0 Å². The summed E-state index contributed by atoms with van der Waals surface area (Å²) in [6.07, 6.45) is 0. The highest BCUT2D eigenvalue weighted by atomic mass is 19.1. The van der Waals surface area contributed by atoms with Crippen LogP contribution in [0.1, 0.15) is 32.0 Å². The minimum Gasteiger partial charge on any atom is -0.497 e. The zero-order valence-corrected chi connectivity index (χ0v) is 17.7. The molecule has 162 valence electrons. The van der Waals surface area contributed by atoms with Gasteiger partial charge in [-0.1, -0.05) is 6.07 Å². The van der Waals surface area contributed by atoms with Gasteiger partial charge in [-0.2, -0.15) is 0 Å². The molecular weight excluding hydrogens is 413 g/mol. The zero-order valence-electron chi connectivity index (χ0n) is 17.7. The second kappa shape index (κ2) is 8.55. The van der Waals surface area contributed by atoms with Crippen LogP contribution in [-0.2, 0) is 0 Å². The van der Waals surface area contributed by atoms with Crippen molar-refractivity contribution in [1.29, 1.82) is 0 Å². The summed E-state index contributed by atoms with van der Waals surface area (Å²) in [5, 5.41) is 3.41. The first-order valence-corrected chi connectivity index (χ1v) is 9.78. The third-order valence-electron chi connectivity index (χ3n) is 5.14. The maximum atomic E-state index is 13.4. The number of carbonyl (C=O) groups is 2. The highest BCUT2D eigenvalue weighted by Gasteiger charge is 2.23. The Hall–Kier alpha value is -4.13. The number of ketones is 1. The lowest BCUT2D eigenvalue weighted by molar-refractivity contribution is 0.100. The van der Waals surface area contributed by atoms with Crippen molar-refractivity contribution in [2.75, 3.05) is 19.5 Å². The van der Waals surface area contributed by atoms with E-state index < -0.39 is 11.7 Å². The number of aryl methyl sites for hydroxylation is 1. The lowest BCUT2D eigenvalue weighted by atomic mass is 10.0. The summed E-state index contributed by atoms with van der Waals surface area (Å²) < 4.78 is 29.8. The van der Waals surface area contributed by atoms with Crippen LogP contribution in [0.25, 0.3) is 11.0 Å². The molecule has 0 bridgehead atoms. The molecule has 32 heavy (non-hydrogen) atoms. The number of amides is 1. The predicted molar refractivity (Wildman–Crippen MR) is 118 cm³/mol. The number of halogens is 1. The first-order chi connectivity index (χ1) is 15.4. The molecule has 4 rings (SSSR count). The van der Waals surface area contributed by atoms with Crippen LogP contribution in [0.15, 0.2) is 65.1 Å². The maximum absolute atomic E-state index is 13.4.